The maximum absolute atomic E-state index is 12.3. The first-order chi connectivity index (χ1) is 10.1. The minimum atomic E-state index is -0.212. The van der Waals surface area contributed by atoms with Crippen LogP contribution in [0.2, 0.25) is 0 Å². The van der Waals surface area contributed by atoms with Gasteiger partial charge in [0.25, 0.3) is 5.91 Å². The summed E-state index contributed by atoms with van der Waals surface area (Å²) < 4.78 is 1.69. The van der Waals surface area contributed by atoms with Crippen molar-refractivity contribution >= 4 is 54.4 Å². The molecule has 0 aliphatic carbocycles. The normalized spacial score (nSPS) is 10.6. The molecule has 104 valence electrons. The van der Waals surface area contributed by atoms with Gasteiger partial charge in [0.2, 0.25) is 0 Å². The predicted octanol–water partition coefficient (Wildman–Crippen LogP) is 4.41. The zero-order chi connectivity index (χ0) is 14.8. The standard InChI is InChI=1S/C15H9Br2N3O/c16-10-1-2-13-12(6-10)14(3-4-19-13)20-15(21)9-5-11(17)8-18-7-9/h1-8H,(H,19,20,21). The lowest BCUT2D eigenvalue weighted by Gasteiger charge is -2.08. The number of carbonyl (C=O) groups excluding carboxylic acids is 1. The number of nitrogens with one attached hydrogen (secondary N) is 1. The summed E-state index contributed by atoms with van der Waals surface area (Å²) in [5.74, 6) is -0.212. The summed E-state index contributed by atoms with van der Waals surface area (Å²) in [7, 11) is 0. The Morgan fingerprint density at radius 1 is 1.05 bits per heavy atom. The number of hydrogen-bond acceptors (Lipinski definition) is 3. The minimum absolute atomic E-state index is 0.212. The van der Waals surface area contributed by atoms with Crippen LogP contribution in [0.5, 0.6) is 0 Å². The molecule has 0 saturated carbocycles. The maximum Gasteiger partial charge on any atom is 0.257 e. The molecule has 0 atom stereocenters. The van der Waals surface area contributed by atoms with Crippen molar-refractivity contribution in [1.82, 2.24) is 9.97 Å². The Kier molecular flexibility index (Phi) is 3.98. The Morgan fingerprint density at radius 2 is 1.90 bits per heavy atom. The summed E-state index contributed by atoms with van der Waals surface area (Å²) >= 11 is 6.74. The summed E-state index contributed by atoms with van der Waals surface area (Å²) in [5.41, 5.74) is 2.03. The SMILES string of the molecule is O=C(Nc1ccnc2ccc(Br)cc12)c1cncc(Br)c1. The third-order valence-electron chi connectivity index (χ3n) is 2.92. The molecule has 21 heavy (non-hydrogen) atoms. The van der Waals surface area contributed by atoms with Gasteiger partial charge in [0.15, 0.2) is 0 Å². The van der Waals surface area contributed by atoms with Crippen molar-refractivity contribution in [3.05, 3.63) is 63.4 Å². The number of rotatable bonds is 2. The van der Waals surface area contributed by atoms with Crippen LogP contribution in [0.4, 0.5) is 5.69 Å². The van der Waals surface area contributed by atoms with Gasteiger partial charge in [-0.25, -0.2) is 0 Å². The van der Waals surface area contributed by atoms with Crippen molar-refractivity contribution in [2.45, 2.75) is 0 Å². The smallest absolute Gasteiger partial charge is 0.257 e. The maximum atomic E-state index is 12.3. The number of carbonyl (C=O) groups is 1. The number of nitrogens with zero attached hydrogens (tertiary/aromatic N) is 2. The van der Waals surface area contributed by atoms with Crippen molar-refractivity contribution in [3.63, 3.8) is 0 Å². The van der Waals surface area contributed by atoms with Crippen LogP contribution in [0, 0.1) is 0 Å². The van der Waals surface area contributed by atoms with Crippen molar-refractivity contribution < 1.29 is 4.79 Å². The molecule has 0 bridgehead atoms. The van der Waals surface area contributed by atoms with Gasteiger partial charge in [0.1, 0.15) is 0 Å². The van der Waals surface area contributed by atoms with E-state index in [1.54, 1.807) is 24.5 Å². The highest BCUT2D eigenvalue weighted by molar-refractivity contribution is 9.10. The molecule has 3 aromatic rings. The van der Waals surface area contributed by atoms with Gasteiger partial charge in [-0.05, 0) is 46.3 Å². The van der Waals surface area contributed by atoms with Crippen LogP contribution in [-0.4, -0.2) is 15.9 Å². The first kappa shape index (κ1) is 14.2. The Balaban J connectivity index is 1.98. The number of halogens is 2. The molecule has 2 aromatic heterocycles. The summed E-state index contributed by atoms with van der Waals surface area (Å²) in [5, 5.41) is 3.77. The van der Waals surface area contributed by atoms with E-state index >= 15 is 0 Å². The quantitative estimate of drug-likeness (QED) is 0.685. The molecule has 3 rings (SSSR count). The molecule has 0 aliphatic rings. The molecule has 0 radical (unpaired) electrons. The lowest BCUT2D eigenvalue weighted by atomic mass is 10.2. The van der Waals surface area contributed by atoms with E-state index in [1.165, 1.54) is 6.20 Å². The van der Waals surface area contributed by atoms with Gasteiger partial charge in [0.05, 0.1) is 16.8 Å². The summed E-state index contributed by atoms with van der Waals surface area (Å²) in [6, 6.07) is 9.24. The van der Waals surface area contributed by atoms with E-state index in [4.69, 9.17) is 0 Å². The number of pyridine rings is 2. The topological polar surface area (TPSA) is 54.9 Å². The highest BCUT2D eigenvalue weighted by Gasteiger charge is 2.10. The van der Waals surface area contributed by atoms with Crippen molar-refractivity contribution in [3.8, 4) is 0 Å². The van der Waals surface area contributed by atoms with Gasteiger partial charge >= 0.3 is 0 Å². The van der Waals surface area contributed by atoms with Crippen molar-refractivity contribution in [2.75, 3.05) is 5.32 Å². The number of amides is 1. The highest BCUT2D eigenvalue weighted by atomic mass is 79.9. The lowest BCUT2D eigenvalue weighted by molar-refractivity contribution is 0.102. The average Bonchev–Trinajstić information content (AvgIpc) is 2.48. The van der Waals surface area contributed by atoms with Gasteiger partial charge in [-0.2, -0.15) is 0 Å². The van der Waals surface area contributed by atoms with Crippen LogP contribution in [0.15, 0.2) is 57.9 Å². The number of fused-ring (bicyclic) bond motifs is 1. The molecule has 6 heteroatoms. The summed E-state index contributed by atoms with van der Waals surface area (Å²) in [6.45, 7) is 0. The van der Waals surface area contributed by atoms with E-state index in [0.717, 1.165) is 19.8 Å². The fourth-order valence-electron chi connectivity index (χ4n) is 1.96. The van der Waals surface area contributed by atoms with Gasteiger partial charge in [0, 0.05) is 32.9 Å². The molecule has 1 amide bonds. The largest absolute Gasteiger partial charge is 0.321 e. The zero-order valence-electron chi connectivity index (χ0n) is 10.7. The van der Waals surface area contributed by atoms with Crippen LogP contribution in [0.3, 0.4) is 0 Å². The Hall–Kier alpha value is -1.79. The molecular weight excluding hydrogens is 398 g/mol. The van der Waals surface area contributed by atoms with E-state index in [1.807, 2.05) is 18.2 Å². The first-order valence-electron chi connectivity index (χ1n) is 6.10. The minimum Gasteiger partial charge on any atom is -0.321 e. The zero-order valence-corrected chi connectivity index (χ0v) is 13.8. The second-order valence-electron chi connectivity index (χ2n) is 4.37. The van der Waals surface area contributed by atoms with Crippen LogP contribution < -0.4 is 5.32 Å². The van der Waals surface area contributed by atoms with E-state index in [0.29, 0.717) is 11.3 Å². The van der Waals surface area contributed by atoms with Crippen molar-refractivity contribution in [1.29, 1.82) is 0 Å². The van der Waals surface area contributed by atoms with Crippen LogP contribution >= 0.6 is 31.9 Å². The molecule has 0 spiro atoms. The molecular formula is C15H9Br2N3O. The van der Waals surface area contributed by atoms with E-state index in [9.17, 15) is 4.79 Å². The molecule has 0 saturated heterocycles. The number of aromatic nitrogens is 2. The van der Waals surface area contributed by atoms with Crippen molar-refractivity contribution in [2.24, 2.45) is 0 Å². The number of anilines is 1. The third kappa shape index (κ3) is 3.11. The molecule has 1 N–H and O–H groups in total. The lowest BCUT2D eigenvalue weighted by Crippen LogP contribution is -2.12. The van der Waals surface area contributed by atoms with Gasteiger partial charge in [-0.15, -0.1) is 0 Å². The number of benzene rings is 1. The molecule has 2 heterocycles. The number of hydrogen-bond donors (Lipinski definition) is 1. The predicted molar refractivity (Wildman–Crippen MR) is 89.3 cm³/mol. The first-order valence-corrected chi connectivity index (χ1v) is 7.68. The molecule has 0 aliphatic heterocycles. The molecule has 4 nitrogen and oxygen atoms in total. The molecule has 0 fully saturated rings. The third-order valence-corrected chi connectivity index (χ3v) is 3.85. The van der Waals surface area contributed by atoms with Crippen LogP contribution in [0.25, 0.3) is 10.9 Å². The van der Waals surface area contributed by atoms with E-state index in [-0.39, 0.29) is 5.91 Å². The van der Waals surface area contributed by atoms with Gasteiger partial charge in [-0.1, -0.05) is 15.9 Å². The van der Waals surface area contributed by atoms with E-state index in [2.05, 4.69) is 47.1 Å². The molecule has 1 aromatic carbocycles. The Bertz CT molecular complexity index is 836. The second kappa shape index (κ2) is 5.91. The second-order valence-corrected chi connectivity index (χ2v) is 6.20. The van der Waals surface area contributed by atoms with Crippen LogP contribution in [-0.2, 0) is 0 Å². The van der Waals surface area contributed by atoms with Gasteiger partial charge in [-0.3, -0.25) is 14.8 Å². The Labute approximate surface area is 137 Å². The Morgan fingerprint density at radius 3 is 2.71 bits per heavy atom. The summed E-state index contributed by atoms with van der Waals surface area (Å²) in [6.07, 6.45) is 4.83. The molecule has 0 unspecified atom stereocenters. The summed E-state index contributed by atoms with van der Waals surface area (Å²) in [4.78, 5) is 20.6. The van der Waals surface area contributed by atoms with E-state index < -0.39 is 0 Å². The highest BCUT2D eigenvalue weighted by Crippen LogP contribution is 2.25. The monoisotopic (exact) mass is 405 g/mol. The fraction of sp³-hybridized carbons (Fsp3) is 0. The average molecular weight is 407 g/mol. The van der Waals surface area contributed by atoms with Gasteiger partial charge < -0.3 is 5.32 Å². The fourth-order valence-corrected chi connectivity index (χ4v) is 2.68. The van der Waals surface area contributed by atoms with Crippen LogP contribution in [0.1, 0.15) is 10.4 Å².